The Labute approximate surface area is 110 Å². The lowest BCUT2D eigenvalue weighted by atomic mass is 10.1. The number of rotatable bonds is 3. The molecule has 0 radical (unpaired) electrons. The molecule has 0 heterocycles. The van der Waals surface area contributed by atoms with Gasteiger partial charge >= 0.3 is 0 Å². The van der Waals surface area contributed by atoms with Crippen LogP contribution in [0.2, 0.25) is 0 Å². The number of amides is 1. The van der Waals surface area contributed by atoms with Gasteiger partial charge in [0.1, 0.15) is 12.2 Å². The fourth-order valence-electron chi connectivity index (χ4n) is 1.72. The molecule has 0 atom stereocenters. The largest absolute Gasteiger partial charge is 0.325 e. The first-order valence-corrected chi connectivity index (χ1v) is 5.72. The minimum Gasteiger partial charge on any atom is -0.325 e. The molecular formula is C15H11FN2O. The predicted octanol–water partition coefficient (Wildman–Crippen LogP) is 3.34. The van der Waals surface area contributed by atoms with Gasteiger partial charge in [-0.1, -0.05) is 24.3 Å². The van der Waals surface area contributed by atoms with Crippen LogP contribution in [-0.4, -0.2) is 5.91 Å². The van der Waals surface area contributed by atoms with Crippen molar-refractivity contribution in [3.8, 4) is 17.2 Å². The lowest BCUT2D eigenvalue weighted by Crippen LogP contribution is -2.09. The Balaban J connectivity index is 2.25. The van der Waals surface area contributed by atoms with E-state index in [4.69, 9.17) is 5.26 Å². The van der Waals surface area contributed by atoms with Crippen LogP contribution in [0.4, 0.5) is 10.1 Å². The molecule has 0 aliphatic heterocycles. The van der Waals surface area contributed by atoms with E-state index in [9.17, 15) is 9.18 Å². The third-order valence-electron chi connectivity index (χ3n) is 2.54. The Morgan fingerprint density at radius 1 is 1.16 bits per heavy atom. The molecule has 4 heteroatoms. The minimum absolute atomic E-state index is 0.190. The zero-order valence-electron chi connectivity index (χ0n) is 10.1. The highest BCUT2D eigenvalue weighted by atomic mass is 19.1. The Bertz CT molecular complexity index is 647. The topological polar surface area (TPSA) is 52.9 Å². The van der Waals surface area contributed by atoms with E-state index in [0.29, 0.717) is 5.69 Å². The number of hydrogen-bond acceptors (Lipinski definition) is 2. The van der Waals surface area contributed by atoms with Gasteiger partial charge in [0.15, 0.2) is 0 Å². The van der Waals surface area contributed by atoms with Crippen molar-refractivity contribution in [2.75, 3.05) is 5.32 Å². The molecule has 19 heavy (non-hydrogen) atoms. The van der Waals surface area contributed by atoms with Crippen molar-refractivity contribution in [3.63, 3.8) is 0 Å². The maximum Gasteiger partial charge on any atom is 0.238 e. The molecular weight excluding hydrogens is 243 g/mol. The van der Waals surface area contributed by atoms with E-state index in [1.54, 1.807) is 36.4 Å². The molecule has 0 saturated heterocycles. The molecule has 94 valence electrons. The van der Waals surface area contributed by atoms with Gasteiger partial charge in [0.2, 0.25) is 5.91 Å². The molecule has 2 aromatic rings. The van der Waals surface area contributed by atoms with E-state index in [1.165, 1.54) is 12.1 Å². The molecule has 2 aromatic carbocycles. The molecule has 0 spiro atoms. The molecule has 0 fully saturated rings. The first kappa shape index (κ1) is 12.8. The van der Waals surface area contributed by atoms with Crippen LogP contribution in [0.1, 0.15) is 6.42 Å². The van der Waals surface area contributed by atoms with E-state index >= 15 is 0 Å². The third-order valence-corrected chi connectivity index (χ3v) is 2.54. The van der Waals surface area contributed by atoms with Gasteiger partial charge in [0, 0.05) is 5.69 Å². The second kappa shape index (κ2) is 5.78. The molecule has 1 amide bonds. The lowest BCUT2D eigenvalue weighted by molar-refractivity contribution is -0.115. The SMILES string of the molecule is N#CCC(=O)Nc1cccc(-c2cccc(F)c2)c1. The number of halogens is 1. The molecule has 1 N–H and O–H groups in total. The van der Waals surface area contributed by atoms with E-state index in [1.807, 2.05) is 6.07 Å². The maximum atomic E-state index is 13.2. The lowest BCUT2D eigenvalue weighted by Gasteiger charge is -2.06. The summed E-state index contributed by atoms with van der Waals surface area (Å²) in [5, 5.41) is 11.0. The normalized spacial score (nSPS) is 9.68. The van der Waals surface area contributed by atoms with Crippen molar-refractivity contribution in [1.29, 1.82) is 5.26 Å². The number of nitriles is 1. The number of carbonyl (C=O) groups excluding carboxylic acids is 1. The molecule has 0 aromatic heterocycles. The molecule has 0 aliphatic carbocycles. The van der Waals surface area contributed by atoms with Gasteiger partial charge < -0.3 is 5.32 Å². The van der Waals surface area contributed by atoms with Crippen LogP contribution in [0.3, 0.4) is 0 Å². The predicted molar refractivity (Wildman–Crippen MR) is 70.7 cm³/mol. The summed E-state index contributed by atoms with van der Waals surface area (Å²) in [7, 11) is 0. The Kier molecular flexibility index (Phi) is 3.89. The number of nitrogens with zero attached hydrogens (tertiary/aromatic N) is 1. The Hall–Kier alpha value is -2.67. The second-order valence-corrected chi connectivity index (χ2v) is 3.97. The zero-order chi connectivity index (χ0) is 13.7. The number of nitrogens with one attached hydrogen (secondary N) is 1. The summed E-state index contributed by atoms with van der Waals surface area (Å²) in [5.74, 6) is -0.671. The molecule has 0 unspecified atom stereocenters. The fourth-order valence-corrected chi connectivity index (χ4v) is 1.72. The maximum absolute atomic E-state index is 13.2. The van der Waals surface area contributed by atoms with E-state index in [0.717, 1.165) is 11.1 Å². The van der Waals surface area contributed by atoms with Crippen LogP contribution in [0.5, 0.6) is 0 Å². The van der Waals surface area contributed by atoms with Gasteiger partial charge in [-0.05, 0) is 35.4 Å². The van der Waals surface area contributed by atoms with E-state index in [-0.39, 0.29) is 18.1 Å². The number of benzene rings is 2. The second-order valence-electron chi connectivity index (χ2n) is 3.97. The van der Waals surface area contributed by atoms with Crippen LogP contribution < -0.4 is 5.32 Å². The third kappa shape index (κ3) is 3.39. The van der Waals surface area contributed by atoms with Crippen molar-refractivity contribution in [3.05, 3.63) is 54.3 Å². The van der Waals surface area contributed by atoms with Crippen molar-refractivity contribution in [1.82, 2.24) is 0 Å². The van der Waals surface area contributed by atoms with Crippen LogP contribution in [0.15, 0.2) is 48.5 Å². The van der Waals surface area contributed by atoms with Crippen molar-refractivity contribution < 1.29 is 9.18 Å². The first-order valence-electron chi connectivity index (χ1n) is 5.72. The highest BCUT2D eigenvalue weighted by Crippen LogP contribution is 2.23. The Morgan fingerprint density at radius 3 is 2.53 bits per heavy atom. The average Bonchev–Trinajstić information content (AvgIpc) is 2.39. The van der Waals surface area contributed by atoms with E-state index in [2.05, 4.69) is 5.32 Å². The zero-order valence-corrected chi connectivity index (χ0v) is 10.1. The number of carbonyl (C=O) groups is 1. The molecule has 0 bridgehead atoms. The van der Waals surface area contributed by atoms with E-state index < -0.39 is 0 Å². The number of hydrogen-bond donors (Lipinski definition) is 1. The van der Waals surface area contributed by atoms with Crippen LogP contribution >= 0.6 is 0 Å². The molecule has 3 nitrogen and oxygen atoms in total. The van der Waals surface area contributed by atoms with Gasteiger partial charge in [-0.3, -0.25) is 4.79 Å². The van der Waals surface area contributed by atoms with Crippen LogP contribution in [0.25, 0.3) is 11.1 Å². The van der Waals surface area contributed by atoms with Gasteiger partial charge in [-0.15, -0.1) is 0 Å². The van der Waals surface area contributed by atoms with Crippen molar-refractivity contribution in [2.45, 2.75) is 6.42 Å². The fraction of sp³-hybridized carbons (Fsp3) is 0.0667. The highest BCUT2D eigenvalue weighted by molar-refractivity contribution is 5.92. The van der Waals surface area contributed by atoms with Crippen LogP contribution in [-0.2, 0) is 4.79 Å². The Morgan fingerprint density at radius 2 is 1.84 bits per heavy atom. The smallest absolute Gasteiger partial charge is 0.238 e. The summed E-state index contributed by atoms with van der Waals surface area (Å²) in [4.78, 5) is 11.3. The first-order chi connectivity index (χ1) is 9.19. The standard InChI is InChI=1S/C15H11FN2O/c16-13-5-1-3-11(9-13)12-4-2-6-14(10-12)18-15(19)7-8-17/h1-6,9-10H,7H2,(H,18,19). The van der Waals surface area contributed by atoms with Crippen molar-refractivity contribution in [2.24, 2.45) is 0 Å². The van der Waals surface area contributed by atoms with Crippen LogP contribution in [0, 0.1) is 17.1 Å². The highest BCUT2D eigenvalue weighted by Gasteiger charge is 2.04. The minimum atomic E-state index is -0.362. The van der Waals surface area contributed by atoms with Gasteiger partial charge in [0.05, 0.1) is 6.07 Å². The quantitative estimate of drug-likeness (QED) is 0.913. The molecule has 2 rings (SSSR count). The number of anilines is 1. The summed E-state index contributed by atoms with van der Waals surface area (Å²) in [6.45, 7) is 0. The van der Waals surface area contributed by atoms with Gasteiger partial charge in [0.25, 0.3) is 0 Å². The molecule has 0 saturated carbocycles. The summed E-state index contributed by atoms with van der Waals surface area (Å²) >= 11 is 0. The van der Waals surface area contributed by atoms with Gasteiger partial charge in [-0.25, -0.2) is 4.39 Å². The van der Waals surface area contributed by atoms with Gasteiger partial charge in [-0.2, -0.15) is 5.26 Å². The average molecular weight is 254 g/mol. The van der Waals surface area contributed by atoms with Crippen molar-refractivity contribution >= 4 is 11.6 Å². The summed E-state index contributed by atoms with van der Waals surface area (Å²) in [5.41, 5.74) is 2.12. The summed E-state index contributed by atoms with van der Waals surface area (Å²) in [6, 6.07) is 15.1. The molecule has 0 aliphatic rings. The summed E-state index contributed by atoms with van der Waals surface area (Å²) < 4.78 is 13.2. The summed E-state index contributed by atoms with van der Waals surface area (Å²) in [6.07, 6.45) is -0.190. The monoisotopic (exact) mass is 254 g/mol.